The van der Waals surface area contributed by atoms with Crippen molar-refractivity contribution in [3.05, 3.63) is 120 Å². The molecule has 8 heteroatoms. The zero-order valence-corrected chi connectivity index (χ0v) is 20.8. The molecule has 0 spiro atoms. The molecule has 8 nitrogen and oxygen atoms in total. The van der Waals surface area contributed by atoms with Gasteiger partial charge in [0, 0.05) is 12.0 Å². The zero-order valence-electron chi connectivity index (χ0n) is 20.8. The fourth-order valence-corrected chi connectivity index (χ4v) is 4.06. The molecule has 4 aromatic carbocycles. The van der Waals surface area contributed by atoms with Gasteiger partial charge in [-0.1, -0.05) is 91.0 Å². The Morgan fingerprint density at radius 1 is 0.684 bits per heavy atom. The minimum absolute atomic E-state index is 0.0969. The molecule has 5 N–H and O–H groups in total. The molecule has 3 amide bonds. The van der Waals surface area contributed by atoms with Crippen molar-refractivity contribution in [1.82, 2.24) is 16.1 Å². The maximum Gasteiger partial charge on any atom is 0.258 e. The second kappa shape index (κ2) is 13.1. The van der Waals surface area contributed by atoms with E-state index in [4.69, 9.17) is 10.6 Å². The molecule has 0 saturated heterocycles. The van der Waals surface area contributed by atoms with Gasteiger partial charge in [0.1, 0.15) is 12.1 Å². The zero-order chi connectivity index (χ0) is 26.7. The highest BCUT2D eigenvalue weighted by atomic mass is 16.5. The van der Waals surface area contributed by atoms with Crippen LogP contribution in [0, 0.1) is 0 Å². The van der Waals surface area contributed by atoms with Crippen LogP contribution in [0.4, 0.5) is 0 Å². The van der Waals surface area contributed by atoms with Crippen LogP contribution in [0.15, 0.2) is 103 Å². The molecule has 0 aliphatic rings. The summed E-state index contributed by atoms with van der Waals surface area (Å²) in [6.45, 7) is 0.164. The first-order chi connectivity index (χ1) is 18.5. The SMILES string of the molecule is NNC(=O)C(COCc1ccccc1)NC(=O)C(Cc1ccccc1)NC(=O)c1ccc2ccccc2c1. The Morgan fingerprint density at radius 3 is 2.00 bits per heavy atom. The lowest BCUT2D eigenvalue weighted by molar-refractivity contribution is -0.131. The topological polar surface area (TPSA) is 123 Å². The summed E-state index contributed by atoms with van der Waals surface area (Å²) in [4.78, 5) is 39.0. The average molecular weight is 511 g/mol. The van der Waals surface area contributed by atoms with Gasteiger partial charge in [0.15, 0.2) is 0 Å². The molecular weight excluding hydrogens is 480 g/mol. The van der Waals surface area contributed by atoms with Crippen molar-refractivity contribution in [3.8, 4) is 0 Å². The summed E-state index contributed by atoms with van der Waals surface area (Å²) >= 11 is 0. The summed E-state index contributed by atoms with van der Waals surface area (Å²) in [6, 6.07) is 29.9. The normalized spacial score (nSPS) is 12.3. The molecule has 2 unspecified atom stereocenters. The summed E-state index contributed by atoms with van der Waals surface area (Å²) in [5.41, 5.74) is 4.28. The van der Waals surface area contributed by atoms with Crippen molar-refractivity contribution in [2.45, 2.75) is 25.1 Å². The Morgan fingerprint density at radius 2 is 1.32 bits per heavy atom. The Kier molecular flexibility index (Phi) is 9.17. The minimum atomic E-state index is -1.05. The van der Waals surface area contributed by atoms with E-state index in [0.29, 0.717) is 5.56 Å². The maximum absolute atomic E-state index is 13.4. The Hall–Kier alpha value is -4.53. The van der Waals surface area contributed by atoms with Gasteiger partial charge in [-0.05, 0) is 34.0 Å². The number of ether oxygens (including phenoxy) is 1. The van der Waals surface area contributed by atoms with E-state index in [9.17, 15) is 14.4 Å². The van der Waals surface area contributed by atoms with Crippen molar-refractivity contribution in [2.24, 2.45) is 5.84 Å². The first-order valence-electron chi connectivity index (χ1n) is 12.3. The minimum Gasteiger partial charge on any atom is -0.374 e. The van der Waals surface area contributed by atoms with Crippen LogP contribution in [0.5, 0.6) is 0 Å². The molecule has 0 radical (unpaired) electrons. The molecule has 0 fully saturated rings. The Balaban J connectivity index is 1.48. The Labute approximate surface area is 221 Å². The van der Waals surface area contributed by atoms with E-state index in [0.717, 1.165) is 21.9 Å². The molecule has 0 saturated carbocycles. The average Bonchev–Trinajstić information content (AvgIpc) is 2.96. The Bertz CT molecular complexity index is 1380. The number of amides is 3. The summed E-state index contributed by atoms with van der Waals surface area (Å²) in [7, 11) is 0. The number of hydrogen-bond acceptors (Lipinski definition) is 5. The molecule has 0 aliphatic carbocycles. The maximum atomic E-state index is 13.4. The number of hydrogen-bond donors (Lipinski definition) is 4. The predicted octanol–water partition coefficient (Wildman–Crippen LogP) is 2.87. The van der Waals surface area contributed by atoms with Gasteiger partial charge in [-0.15, -0.1) is 0 Å². The van der Waals surface area contributed by atoms with Gasteiger partial charge in [-0.3, -0.25) is 19.8 Å². The smallest absolute Gasteiger partial charge is 0.258 e. The van der Waals surface area contributed by atoms with Crippen LogP contribution in [0.1, 0.15) is 21.5 Å². The van der Waals surface area contributed by atoms with Crippen LogP contribution < -0.4 is 21.9 Å². The highest BCUT2D eigenvalue weighted by Gasteiger charge is 2.27. The first-order valence-corrected chi connectivity index (χ1v) is 12.3. The van der Waals surface area contributed by atoms with Gasteiger partial charge in [0.25, 0.3) is 11.8 Å². The molecular formula is C30H30N4O4. The van der Waals surface area contributed by atoms with E-state index < -0.39 is 29.8 Å². The van der Waals surface area contributed by atoms with Crippen molar-refractivity contribution < 1.29 is 19.1 Å². The third-order valence-electron chi connectivity index (χ3n) is 6.09. The molecule has 38 heavy (non-hydrogen) atoms. The molecule has 194 valence electrons. The van der Waals surface area contributed by atoms with Crippen molar-refractivity contribution in [3.63, 3.8) is 0 Å². The van der Waals surface area contributed by atoms with Crippen LogP contribution >= 0.6 is 0 Å². The summed E-state index contributed by atoms with van der Waals surface area (Å²) in [6.07, 6.45) is 0.230. The van der Waals surface area contributed by atoms with E-state index in [1.54, 1.807) is 12.1 Å². The lowest BCUT2D eigenvalue weighted by Crippen LogP contribution is -2.56. The highest BCUT2D eigenvalue weighted by Crippen LogP contribution is 2.16. The molecule has 0 aromatic heterocycles. The first kappa shape index (κ1) is 26.5. The number of carbonyl (C=O) groups is 3. The van der Waals surface area contributed by atoms with Crippen molar-refractivity contribution in [2.75, 3.05) is 6.61 Å². The largest absolute Gasteiger partial charge is 0.374 e. The fourth-order valence-electron chi connectivity index (χ4n) is 4.06. The molecule has 4 aromatic rings. The van der Waals surface area contributed by atoms with Gasteiger partial charge in [-0.25, -0.2) is 5.84 Å². The van der Waals surface area contributed by atoms with Crippen molar-refractivity contribution >= 4 is 28.5 Å². The van der Waals surface area contributed by atoms with Crippen LogP contribution in [0.2, 0.25) is 0 Å². The van der Waals surface area contributed by atoms with Crippen LogP contribution in [-0.4, -0.2) is 36.4 Å². The second-order valence-corrected chi connectivity index (χ2v) is 8.85. The van der Waals surface area contributed by atoms with Crippen LogP contribution in [0.3, 0.4) is 0 Å². The number of fused-ring (bicyclic) bond motifs is 1. The molecule has 0 bridgehead atoms. The monoisotopic (exact) mass is 510 g/mol. The van der Waals surface area contributed by atoms with Crippen LogP contribution in [0.25, 0.3) is 10.8 Å². The molecule has 0 aliphatic heterocycles. The van der Waals surface area contributed by atoms with Gasteiger partial charge in [0.2, 0.25) is 5.91 Å². The number of rotatable bonds is 11. The van der Waals surface area contributed by atoms with E-state index in [2.05, 4.69) is 16.1 Å². The van der Waals surface area contributed by atoms with Gasteiger partial charge in [0.05, 0.1) is 13.2 Å². The number of benzene rings is 4. The highest BCUT2D eigenvalue weighted by molar-refractivity contribution is 6.01. The predicted molar refractivity (Wildman–Crippen MR) is 146 cm³/mol. The number of nitrogens with one attached hydrogen (secondary N) is 3. The van der Waals surface area contributed by atoms with E-state index >= 15 is 0 Å². The van der Waals surface area contributed by atoms with E-state index in [1.807, 2.05) is 91.0 Å². The van der Waals surface area contributed by atoms with E-state index in [-0.39, 0.29) is 19.6 Å². The number of hydrazine groups is 1. The fraction of sp³-hybridized carbons (Fsp3) is 0.167. The summed E-state index contributed by atoms with van der Waals surface area (Å²) in [5.74, 6) is 3.83. The van der Waals surface area contributed by atoms with Crippen LogP contribution in [-0.2, 0) is 27.4 Å². The van der Waals surface area contributed by atoms with Crippen molar-refractivity contribution in [1.29, 1.82) is 0 Å². The molecule has 4 rings (SSSR count). The third kappa shape index (κ3) is 7.25. The number of carbonyl (C=O) groups excluding carboxylic acids is 3. The lowest BCUT2D eigenvalue weighted by atomic mass is 10.0. The van der Waals surface area contributed by atoms with Gasteiger partial charge < -0.3 is 15.4 Å². The van der Waals surface area contributed by atoms with E-state index in [1.165, 1.54) is 0 Å². The summed E-state index contributed by atoms with van der Waals surface area (Å²) < 4.78 is 5.68. The number of nitrogens with two attached hydrogens (primary N) is 1. The lowest BCUT2D eigenvalue weighted by Gasteiger charge is -2.23. The second-order valence-electron chi connectivity index (χ2n) is 8.85. The quantitative estimate of drug-likeness (QED) is 0.140. The molecule has 2 atom stereocenters. The standard InChI is InChI=1S/C30H30N4O4/c31-34-30(37)27(20-38-19-22-11-5-2-6-12-22)33-29(36)26(17-21-9-3-1-4-10-21)32-28(35)25-16-15-23-13-7-8-14-24(23)18-25/h1-16,18,26-27H,17,19-20,31H2,(H,32,35)(H,33,36)(H,34,37). The molecule has 0 heterocycles. The van der Waals surface area contributed by atoms with Gasteiger partial charge >= 0.3 is 0 Å². The summed E-state index contributed by atoms with van der Waals surface area (Å²) in [5, 5.41) is 7.45. The van der Waals surface area contributed by atoms with Gasteiger partial charge in [-0.2, -0.15) is 0 Å². The third-order valence-corrected chi connectivity index (χ3v) is 6.09.